The maximum Gasteiger partial charge on any atom is 0.250 e. The van der Waals surface area contributed by atoms with Crippen LogP contribution >= 0.6 is 0 Å². The smallest absolute Gasteiger partial charge is 0.250 e. The van der Waals surface area contributed by atoms with Crippen molar-refractivity contribution >= 4 is 11.8 Å². The second-order valence-corrected chi connectivity index (χ2v) is 3.20. The van der Waals surface area contributed by atoms with E-state index >= 15 is 0 Å². The molecule has 4 N–H and O–H groups in total. The number of aryl methyl sites for hydroxylation is 1. The second-order valence-electron chi connectivity index (χ2n) is 3.20. The average Bonchev–Trinajstić information content (AvgIpc) is 2.18. The van der Waals surface area contributed by atoms with E-state index in [1.165, 1.54) is 12.3 Å². The van der Waals surface area contributed by atoms with E-state index in [9.17, 15) is 9.59 Å². The molecule has 1 aromatic rings. The first-order valence-corrected chi connectivity index (χ1v) is 4.64. The number of pyridine rings is 1. The quantitative estimate of drug-likeness (QED) is 0.739. The van der Waals surface area contributed by atoms with Crippen LogP contribution < -0.4 is 11.5 Å². The number of aromatic nitrogens is 1. The molecule has 0 atom stereocenters. The molecular formula is C10H13N3O2. The van der Waals surface area contributed by atoms with E-state index in [4.69, 9.17) is 11.5 Å². The van der Waals surface area contributed by atoms with Crippen molar-refractivity contribution < 1.29 is 9.59 Å². The van der Waals surface area contributed by atoms with Crippen LogP contribution in [0.5, 0.6) is 0 Å². The summed E-state index contributed by atoms with van der Waals surface area (Å²) in [5.74, 6) is -1.21. The minimum Gasteiger partial charge on any atom is -0.366 e. The highest BCUT2D eigenvalue weighted by Crippen LogP contribution is 2.10. The molecule has 0 aromatic carbocycles. The van der Waals surface area contributed by atoms with Gasteiger partial charge in [-0.2, -0.15) is 0 Å². The monoisotopic (exact) mass is 207 g/mol. The summed E-state index contributed by atoms with van der Waals surface area (Å²) in [7, 11) is 0. The molecule has 1 heterocycles. The normalized spacial score (nSPS) is 9.93. The molecule has 15 heavy (non-hydrogen) atoms. The Balaban J connectivity index is 3.20. The molecule has 0 radical (unpaired) electrons. The molecule has 0 aliphatic rings. The molecule has 80 valence electrons. The van der Waals surface area contributed by atoms with Gasteiger partial charge in [0.25, 0.3) is 5.91 Å². The standard InChI is InChI=1S/C10H13N3O2/c1-2-3-8-7(10(12)15)4-6(5-13-8)9(11)14/h4-5H,2-3H2,1H3,(H2,11,14)(H2,12,15). The first-order valence-electron chi connectivity index (χ1n) is 4.64. The fraction of sp³-hybridized carbons (Fsp3) is 0.300. The van der Waals surface area contributed by atoms with Crippen molar-refractivity contribution in [1.82, 2.24) is 4.98 Å². The Morgan fingerprint density at radius 3 is 2.47 bits per heavy atom. The van der Waals surface area contributed by atoms with E-state index in [1.807, 2.05) is 6.92 Å². The predicted molar refractivity (Wildman–Crippen MR) is 55.3 cm³/mol. The van der Waals surface area contributed by atoms with Crippen molar-refractivity contribution in [3.8, 4) is 0 Å². The van der Waals surface area contributed by atoms with Crippen LogP contribution in [-0.2, 0) is 6.42 Å². The fourth-order valence-corrected chi connectivity index (χ4v) is 1.28. The lowest BCUT2D eigenvalue weighted by Crippen LogP contribution is -2.18. The first kappa shape index (κ1) is 11.2. The summed E-state index contributed by atoms with van der Waals surface area (Å²) < 4.78 is 0. The molecule has 0 saturated heterocycles. The molecule has 0 bridgehead atoms. The highest BCUT2D eigenvalue weighted by Gasteiger charge is 2.12. The van der Waals surface area contributed by atoms with Crippen molar-refractivity contribution in [2.75, 3.05) is 0 Å². The van der Waals surface area contributed by atoms with Crippen LogP contribution in [0.25, 0.3) is 0 Å². The maximum atomic E-state index is 11.1. The lowest BCUT2D eigenvalue weighted by molar-refractivity contribution is 0.0998. The Bertz CT molecular complexity index is 402. The largest absolute Gasteiger partial charge is 0.366 e. The summed E-state index contributed by atoms with van der Waals surface area (Å²) in [5, 5.41) is 0. The Hall–Kier alpha value is -1.91. The fourth-order valence-electron chi connectivity index (χ4n) is 1.28. The number of nitrogens with two attached hydrogens (primary N) is 2. The SMILES string of the molecule is CCCc1ncc(C(N)=O)cc1C(N)=O. The lowest BCUT2D eigenvalue weighted by atomic mass is 10.1. The molecule has 0 saturated carbocycles. The van der Waals surface area contributed by atoms with Crippen LogP contribution in [0.4, 0.5) is 0 Å². The van der Waals surface area contributed by atoms with Crippen LogP contribution in [0.3, 0.4) is 0 Å². The summed E-state index contributed by atoms with van der Waals surface area (Å²) in [4.78, 5) is 26.0. The molecule has 1 rings (SSSR count). The maximum absolute atomic E-state index is 11.1. The van der Waals surface area contributed by atoms with Crippen LogP contribution in [0, 0.1) is 0 Å². The summed E-state index contributed by atoms with van der Waals surface area (Å²) in [6.45, 7) is 1.97. The van der Waals surface area contributed by atoms with Crippen molar-refractivity contribution in [2.24, 2.45) is 11.5 Å². The molecular weight excluding hydrogens is 194 g/mol. The molecule has 0 spiro atoms. The van der Waals surface area contributed by atoms with Gasteiger partial charge in [-0.15, -0.1) is 0 Å². The Morgan fingerprint density at radius 2 is 2.00 bits per heavy atom. The third kappa shape index (κ3) is 2.52. The number of carbonyl (C=O) groups excluding carboxylic acids is 2. The lowest BCUT2D eigenvalue weighted by Gasteiger charge is -2.05. The minimum atomic E-state index is -0.618. The van der Waals surface area contributed by atoms with Crippen LogP contribution in [0.1, 0.15) is 39.8 Å². The number of nitrogens with zero attached hydrogens (tertiary/aromatic N) is 1. The third-order valence-electron chi connectivity index (χ3n) is 2.01. The number of rotatable bonds is 4. The van der Waals surface area contributed by atoms with Gasteiger partial charge in [-0.3, -0.25) is 14.6 Å². The molecule has 0 aliphatic carbocycles. The van der Waals surface area contributed by atoms with Crippen molar-refractivity contribution in [3.05, 3.63) is 29.1 Å². The molecule has 2 amide bonds. The van der Waals surface area contributed by atoms with E-state index in [-0.39, 0.29) is 11.1 Å². The van der Waals surface area contributed by atoms with Gasteiger partial charge in [-0.05, 0) is 12.5 Å². The first-order chi connectivity index (χ1) is 7.06. The zero-order valence-electron chi connectivity index (χ0n) is 8.49. The molecule has 0 unspecified atom stereocenters. The van der Waals surface area contributed by atoms with Crippen molar-refractivity contribution in [2.45, 2.75) is 19.8 Å². The summed E-state index contributed by atoms with van der Waals surface area (Å²) >= 11 is 0. The van der Waals surface area contributed by atoms with Gasteiger partial charge in [0.2, 0.25) is 5.91 Å². The Labute approximate surface area is 87.5 Å². The van der Waals surface area contributed by atoms with Crippen LogP contribution in [0.15, 0.2) is 12.3 Å². The van der Waals surface area contributed by atoms with Crippen LogP contribution in [-0.4, -0.2) is 16.8 Å². The highest BCUT2D eigenvalue weighted by molar-refractivity contribution is 5.98. The van der Waals surface area contributed by atoms with E-state index < -0.39 is 11.8 Å². The van der Waals surface area contributed by atoms with E-state index in [2.05, 4.69) is 4.98 Å². The zero-order chi connectivity index (χ0) is 11.4. The van der Waals surface area contributed by atoms with Crippen molar-refractivity contribution in [3.63, 3.8) is 0 Å². The number of amides is 2. The molecule has 0 fully saturated rings. The second kappa shape index (κ2) is 4.54. The average molecular weight is 207 g/mol. The molecule has 5 nitrogen and oxygen atoms in total. The summed E-state index contributed by atoms with van der Waals surface area (Å²) in [5.41, 5.74) is 11.3. The van der Waals surface area contributed by atoms with E-state index in [0.29, 0.717) is 12.1 Å². The molecule has 0 aliphatic heterocycles. The summed E-state index contributed by atoms with van der Waals surface area (Å²) in [6.07, 6.45) is 2.86. The minimum absolute atomic E-state index is 0.198. The number of hydrogen-bond acceptors (Lipinski definition) is 3. The molecule has 1 aromatic heterocycles. The van der Waals surface area contributed by atoms with Gasteiger partial charge in [0.15, 0.2) is 0 Å². The Kier molecular flexibility index (Phi) is 3.38. The van der Waals surface area contributed by atoms with Crippen LogP contribution in [0.2, 0.25) is 0 Å². The van der Waals surface area contributed by atoms with Gasteiger partial charge in [0.1, 0.15) is 0 Å². The number of hydrogen-bond donors (Lipinski definition) is 2. The topological polar surface area (TPSA) is 99.1 Å². The zero-order valence-corrected chi connectivity index (χ0v) is 8.49. The number of primary amides is 2. The van der Waals surface area contributed by atoms with Gasteiger partial charge in [-0.1, -0.05) is 13.3 Å². The van der Waals surface area contributed by atoms with Gasteiger partial charge >= 0.3 is 0 Å². The van der Waals surface area contributed by atoms with Gasteiger partial charge in [-0.25, -0.2) is 0 Å². The van der Waals surface area contributed by atoms with Gasteiger partial charge < -0.3 is 11.5 Å². The van der Waals surface area contributed by atoms with Crippen molar-refractivity contribution in [1.29, 1.82) is 0 Å². The van der Waals surface area contributed by atoms with E-state index in [0.717, 1.165) is 6.42 Å². The predicted octanol–water partition coefficient (Wildman–Crippen LogP) is 0.232. The number of carbonyl (C=O) groups is 2. The Morgan fingerprint density at radius 1 is 1.33 bits per heavy atom. The highest BCUT2D eigenvalue weighted by atomic mass is 16.1. The van der Waals surface area contributed by atoms with E-state index in [1.54, 1.807) is 0 Å². The van der Waals surface area contributed by atoms with Gasteiger partial charge in [0, 0.05) is 6.20 Å². The summed E-state index contributed by atoms with van der Waals surface area (Å²) in [6, 6.07) is 1.39. The third-order valence-corrected chi connectivity index (χ3v) is 2.01. The van der Waals surface area contributed by atoms with Gasteiger partial charge in [0.05, 0.1) is 16.8 Å². The molecule has 5 heteroatoms.